The van der Waals surface area contributed by atoms with Crippen molar-refractivity contribution in [3.8, 4) is 0 Å². The molecule has 1 aromatic carbocycles. The van der Waals surface area contributed by atoms with Gasteiger partial charge in [-0.15, -0.1) is 0 Å². The lowest BCUT2D eigenvalue weighted by Crippen LogP contribution is -2.38. The van der Waals surface area contributed by atoms with Crippen LogP contribution in [0.15, 0.2) is 18.2 Å². The molecule has 116 valence electrons. The maximum atomic E-state index is 10.5. The van der Waals surface area contributed by atoms with E-state index in [1.807, 2.05) is 0 Å². The highest BCUT2D eigenvalue weighted by Gasteiger charge is 2.29. The summed E-state index contributed by atoms with van der Waals surface area (Å²) in [5, 5.41) is 11.7. The van der Waals surface area contributed by atoms with Gasteiger partial charge in [0.1, 0.15) is 0 Å². The van der Waals surface area contributed by atoms with Crippen molar-refractivity contribution in [3.05, 3.63) is 33.8 Å². The first kappa shape index (κ1) is 15.6. The standard InChI is InChI=1S/C16H22Cl2N2O/c17-12-4-5-15(18)14(9-12)16(21)11-19-6-2-8-20-7-1-3-13(20)10-19/h4-5,9,13,16,21H,1-3,6-8,10-11H2/t13-,16+/m1/s1. The third kappa shape index (κ3) is 3.72. The number of aliphatic hydroxyl groups is 1. The summed E-state index contributed by atoms with van der Waals surface area (Å²) in [6, 6.07) is 5.94. The van der Waals surface area contributed by atoms with Gasteiger partial charge in [0.2, 0.25) is 0 Å². The lowest BCUT2D eigenvalue weighted by Gasteiger charge is -2.27. The highest BCUT2D eigenvalue weighted by molar-refractivity contribution is 6.33. The van der Waals surface area contributed by atoms with E-state index in [4.69, 9.17) is 23.2 Å². The van der Waals surface area contributed by atoms with Gasteiger partial charge in [-0.05, 0) is 57.1 Å². The molecule has 2 aliphatic rings. The summed E-state index contributed by atoms with van der Waals surface area (Å²) >= 11 is 12.2. The molecule has 0 saturated carbocycles. The molecule has 5 heteroatoms. The Kier molecular flexibility index (Phi) is 5.07. The SMILES string of the molecule is O[C@@H](CN1CCCN2CCC[C@@H]2C1)c1cc(Cl)ccc1Cl. The molecule has 1 N–H and O–H groups in total. The van der Waals surface area contributed by atoms with Gasteiger partial charge in [-0.1, -0.05) is 23.2 Å². The van der Waals surface area contributed by atoms with E-state index in [9.17, 15) is 5.11 Å². The summed E-state index contributed by atoms with van der Waals surface area (Å²) in [5.74, 6) is 0. The molecule has 0 unspecified atom stereocenters. The first-order valence-corrected chi connectivity index (χ1v) is 8.48. The summed E-state index contributed by atoms with van der Waals surface area (Å²) in [6.45, 7) is 5.15. The van der Waals surface area contributed by atoms with Crippen LogP contribution in [0.4, 0.5) is 0 Å². The number of benzene rings is 1. The molecule has 21 heavy (non-hydrogen) atoms. The Balaban J connectivity index is 1.66. The second kappa shape index (κ2) is 6.84. The van der Waals surface area contributed by atoms with Crippen LogP contribution in [0.25, 0.3) is 0 Å². The summed E-state index contributed by atoms with van der Waals surface area (Å²) < 4.78 is 0. The Hall–Kier alpha value is -0.320. The van der Waals surface area contributed by atoms with Gasteiger partial charge in [-0.2, -0.15) is 0 Å². The van der Waals surface area contributed by atoms with Crippen molar-refractivity contribution in [2.45, 2.75) is 31.4 Å². The summed E-state index contributed by atoms with van der Waals surface area (Å²) in [4.78, 5) is 4.97. The van der Waals surface area contributed by atoms with Crippen LogP contribution in [-0.2, 0) is 0 Å². The molecule has 2 saturated heterocycles. The lowest BCUT2D eigenvalue weighted by molar-refractivity contribution is 0.108. The van der Waals surface area contributed by atoms with E-state index in [1.54, 1.807) is 18.2 Å². The molecular formula is C16H22Cl2N2O. The second-order valence-electron chi connectivity index (χ2n) is 6.13. The number of β-amino-alcohol motifs (C(OH)–C–C–N with tert-alkyl or cyclic N) is 1. The third-order valence-electron chi connectivity index (χ3n) is 4.64. The lowest BCUT2D eigenvalue weighted by atomic mass is 10.1. The van der Waals surface area contributed by atoms with Crippen molar-refractivity contribution < 1.29 is 5.11 Å². The van der Waals surface area contributed by atoms with Gasteiger partial charge in [-0.3, -0.25) is 9.80 Å². The average molecular weight is 329 g/mol. The largest absolute Gasteiger partial charge is 0.387 e. The van der Waals surface area contributed by atoms with Crippen LogP contribution in [0.2, 0.25) is 10.0 Å². The van der Waals surface area contributed by atoms with Gasteiger partial charge in [0.25, 0.3) is 0 Å². The van der Waals surface area contributed by atoms with E-state index >= 15 is 0 Å². The number of nitrogens with zero attached hydrogens (tertiary/aromatic N) is 2. The summed E-state index contributed by atoms with van der Waals surface area (Å²) in [7, 11) is 0. The van der Waals surface area contributed by atoms with E-state index in [0.29, 0.717) is 22.6 Å². The average Bonchev–Trinajstić information content (AvgIpc) is 2.80. The molecule has 2 heterocycles. The van der Waals surface area contributed by atoms with Crippen LogP contribution in [0.3, 0.4) is 0 Å². The Labute approximate surface area is 136 Å². The van der Waals surface area contributed by atoms with Crippen molar-refractivity contribution in [3.63, 3.8) is 0 Å². The smallest absolute Gasteiger partial charge is 0.0931 e. The van der Waals surface area contributed by atoms with Gasteiger partial charge in [0.15, 0.2) is 0 Å². The zero-order chi connectivity index (χ0) is 14.8. The quantitative estimate of drug-likeness (QED) is 0.923. The molecule has 0 aromatic heterocycles. The maximum absolute atomic E-state index is 10.5. The fraction of sp³-hybridized carbons (Fsp3) is 0.625. The van der Waals surface area contributed by atoms with Gasteiger partial charge in [0.05, 0.1) is 6.10 Å². The highest BCUT2D eigenvalue weighted by atomic mass is 35.5. The first-order valence-electron chi connectivity index (χ1n) is 7.73. The number of aliphatic hydroxyl groups excluding tert-OH is 1. The number of fused-ring (bicyclic) bond motifs is 1. The molecule has 1 aromatic rings. The Morgan fingerprint density at radius 2 is 2.00 bits per heavy atom. The Bertz CT molecular complexity index is 497. The van der Waals surface area contributed by atoms with Gasteiger partial charge in [-0.25, -0.2) is 0 Å². The Morgan fingerprint density at radius 3 is 2.86 bits per heavy atom. The molecule has 0 bridgehead atoms. The zero-order valence-electron chi connectivity index (χ0n) is 12.1. The normalized spacial score (nSPS) is 25.6. The monoisotopic (exact) mass is 328 g/mol. The molecule has 0 aliphatic carbocycles. The van der Waals surface area contributed by atoms with Gasteiger partial charge < -0.3 is 5.11 Å². The fourth-order valence-electron chi connectivity index (χ4n) is 3.56. The molecule has 3 nitrogen and oxygen atoms in total. The molecule has 2 fully saturated rings. The molecule has 0 spiro atoms. The Morgan fingerprint density at radius 1 is 1.19 bits per heavy atom. The van der Waals surface area contributed by atoms with Crippen LogP contribution < -0.4 is 0 Å². The van der Waals surface area contributed by atoms with Crippen LogP contribution in [0.5, 0.6) is 0 Å². The van der Waals surface area contributed by atoms with E-state index in [0.717, 1.165) is 18.7 Å². The number of rotatable bonds is 3. The summed E-state index contributed by atoms with van der Waals surface area (Å²) in [6.07, 6.45) is 3.18. The molecule has 2 atom stereocenters. The van der Waals surface area contributed by atoms with E-state index < -0.39 is 6.10 Å². The van der Waals surface area contributed by atoms with E-state index in [1.165, 1.54) is 32.4 Å². The molecular weight excluding hydrogens is 307 g/mol. The van der Waals surface area contributed by atoms with Crippen LogP contribution >= 0.6 is 23.2 Å². The summed E-state index contributed by atoms with van der Waals surface area (Å²) in [5.41, 5.74) is 0.733. The van der Waals surface area contributed by atoms with Crippen molar-refractivity contribution in [1.82, 2.24) is 9.80 Å². The van der Waals surface area contributed by atoms with Crippen molar-refractivity contribution in [2.75, 3.05) is 32.7 Å². The highest BCUT2D eigenvalue weighted by Crippen LogP contribution is 2.28. The van der Waals surface area contributed by atoms with Crippen LogP contribution in [0.1, 0.15) is 30.9 Å². The third-order valence-corrected chi connectivity index (χ3v) is 5.22. The van der Waals surface area contributed by atoms with E-state index in [2.05, 4.69) is 9.80 Å². The number of hydrogen-bond acceptors (Lipinski definition) is 3. The first-order chi connectivity index (χ1) is 10.1. The second-order valence-corrected chi connectivity index (χ2v) is 6.97. The minimum absolute atomic E-state index is 0.579. The van der Waals surface area contributed by atoms with Crippen LogP contribution in [-0.4, -0.2) is 53.7 Å². The molecule has 2 aliphatic heterocycles. The molecule has 0 amide bonds. The molecule has 3 rings (SSSR count). The zero-order valence-corrected chi connectivity index (χ0v) is 13.7. The minimum Gasteiger partial charge on any atom is -0.387 e. The molecule has 0 radical (unpaired) electrons. The van der Waals surface area contributed by atoms with Crippen molar-refractivity contribution >= 4 is 23.2 Å². The van der Waals surface area contributed by atoms with Gasteiger partial charge >= 0.3 is 0 Å². The van der Waals surface area contributed by atoms with Crippen molar-refractivity contribution in [2.24, 2.45) is 0 Å². The van der Waals surface area contributed by atoms with Crippen LogP contribution in [0, 0.1) is 0 Å². The number of halogens is 2. The van der Waals surface area contributed by atoms with Gasteiger partial charge in [0, 0.05) is 34.7 Å². The topological polar surface area (TPSA) is 26.7 Å². The minimum atomic E-state index is -0.579. The maximum Gasteiger partial charge on any atom is 0.0931 e. The fourth-order valence-corrected chi connectivity index (χ4v) is 3.99. The predicted octanol–water partition coefficient (Wildman–Crippen LogP) is 3.20. The number of hydrogen-bond donors (Lipinski definition) is 1. The van der Waals surface area contributed by atoms with E-state index in [-0.39, 0.29) is 0 Å². The van der Waals surface area contributed by atoms with Crippen molar-refractivity contribution in [1.29, 1.82) is 0 Å². The predicted molar refractivity (Wildman–Crippen MR) is 87.1 cm³/mol.